The molecule has 0 aliphatic rings. The number of aromatic amines is 1. The van der Waals surface area contributed by atoms with Gasteiger partial charge in [0.15, 0.2) is 5.58 Å². The molecule has 0 radical (unpaired) electrons. The van der Waals surface area contributed by atoms with Crippen molar-refractivity contribution < 1.29 is 4.42 Å². The number of para-hydroxylation sites is 2. The number of H-pyrrole nitrogens is 1. The molecule has 0 aliphatic carbocycles. The van der Waals surface area contributed by atoms with Gasteiger partial charge in [-0.1, -0.05) is 42.5 Å². The highest BCUT2D eigenvalue weighted by Crippen LogP contribution is 2.35. The third-order valence-electron chi connectivity index (χ3n) is 5.00. The summed E-state index contributed by atoms with van der Waals surface area (Å²) >= 11 is 1.51. The van der Waals surface area contributed by atoms with E-state index in [1.54, 1.807) is 10.6 Å². The maximum atomic E-state index is 12.9. The van der Waals surface area contributed by atoms with E-state index in [0.29, 0.717) is 34.6 Å². The lowest BCUT2D eigenvalue weighted by molar-refractivity contribution is 0.503. The normalized spacial score (nSPS) is 11.5. The average Bonchev–Trinajstić information content (AvgIpc) is 3.22. The summed E-state index contributed by atoms with van der Waals surface area (Å²) in [5, 5.41) is 0.619. The highest BCUT2D eigenvalue weighted by atomic mass is 32.1. The number of aromatic nitrogens is 3. The molecule has 0 bridgehead atoms. The third-order valence-corrected chi connectivity index (χ3v) is 5.99. The lowest BCUT2D eigenvalue weighted by atomic mass is 10.0. The molecule has 5 rings (SSSR count). The van der Waals surface area contributed by atoms with Gasteiger partial charge in [-0.3, -0.25) is 9.36 Å². The molecule has 0 spiro atoms. The van der Waals surface area contributed by atoms with E-state index in [0.717, 1.165) is 21.5 Å². The smallest absolute Gasteiger partial charge is 0.408 e. The molecule has 3 heterocycles. The standard InChI is InChI=1S/C22H17N3O3S/c1-13-18(14-7-3-2-4-8-14)19-20(26)23-17(24-21(19)29-13)11-12-25-15-9-5-6-10-16(15)28-22(25)27/h2-10H,11-12H2,1H3,(H,23,24,26). The van der Waals surface area contributed by atoms with Crippen LogP contribution in [0.5, 0.6) is 0 Å². The van der Waals surface area contributed by atoms with Crippen LogP contribution >= 0.6 is 11.3 Å². The molecule has 0 aliphatic heterocycles. The van der Waals surface area contributed by atoms with Gasteiger partial charge >= 0.3 is 5.76 Å². The van der Waals surface area contributed by atoms with Crippen LogP contribution in [-0.4, -0.2) is 14.5 Å². The van der Waals surface area contributed by atoms with Crippen molar-refractivity contribution >= 4 is 32.7 Å². The molecule has 0 unspecified atom stereocenters. The Morgan fingerprint density at radius 3 is 2.66 bits per heavy atom. The number of hydrogen-bond donors (Lipinski definition) is 1. The maximum absolute atomic E-state index is 12.9. The summed E-state index contributed by atoms with van der Waals surface area (Å²) in [6.07, 6.45) is 0.423. The number of benzene rings is 2. The summed E-state index contributed by atoms with van der Waals surface area (Å²) < 4.78 is 6.83. The molecular weight excluding hydrogens is 386 g/mol. The largest absolute Gasteiger partial charge is 0.419 e. The molecule has 0 amide bonds. The number of fused-ring (bicyclic) bond motifs is 2. The highest BCUT2D eigenvalue weighted by molar-refractivity contribution is 7.19. The monoisotopic (exact) mass is 403 g/mol. The van der Waals surface area contributed by atoms with Gasteiger partial charge in [-0.25, -0.2) is 9.78 Å². The predicted molar refractivity (Wildman–Crippen MR) is 115 cm³/mol. The van der Waals surface area contributed by atoms with Crippen molar-refractivity contribution in [2.24, 2.45) is 0 Å². The van der Waals surface area contributed by atoms with Gasteiger partial charge < -0.3 is 9.40 Å². The van der Waals surface area contributed by atoms with Gasteiger partial charge in [0.1, 0.15) is 10.7 Å². The van der Waals surface area contributed by atoms with Crippen LogP contribution in [0.25, 0.3) is 32.4 Å². The van der Waals surface area contributed by atoms with Gasteiger partial charge in [-0.05, 0) is 24.6 Å². The number of nitrogens with one attached hydrogen (secondary N) is 1. The van der Waals surface area contributed by atoms with Gasteiger partial charge in [0.25, 0.3) is 5.56 Å². The van der Waals surface area contributed by atoms with Crippen molar-refractivity contribution in [3.05, 3.63) is 86.2 Å². The van der Waals surface area contributed by atoms with E-state index in [2.05, 4.69) is 9.97 Å². The second-order valence-electron chi connectivity index (χ2n) is 6.83. The number of oxazole rings is 1. The van der Waals surface area contributed by atoms with Gasteiger partial charge in [-0.15, -0.1) is 11.3 Å². The van der Waals surface area contributed by atoms with E-state index < -0.39 is 5.76 Å². The molecule has 144 valence electrons. The highest BCUT2D eigenvalue weighted by Gasteiger charge is 2.17. The van der Waals surface area contributed by atoms with E-state index in [1.807, 2.05) is 55.5 Å². The van der Waals surface area contributed by atoms with Gasteiger partial charge in [0.05, 0.1) is 10.9 Å². The summed E-state index contributed by atoms with van der Waals surface area (Å²) in [6, 6.07) is 17.2. The van der Waals surface area contributed by atoms with Crippen molar-refractivity contribution in [2.45, 2.75) is 19.9 Å². The van der Waals surface area contributed by atoms with Crippen molar-refractivity contribution in [3.8, 4) is 11.1 Å². The molecule has 29 heavy (non-hydrogen) atoms. The van der Waals surface area contributed by atoms with Crippen LogP contribution in [0.15, 0.2) is 68.6 Å². The summed E-state index contributed by atoms with van der Waals surface area (Å²) in [5.41, 5.74) is 3.07. The lowest BCUT2D eigenvalue weighted by Crippen LogP contribution is -2.18. The number of rotatable bonds is 4. The van der Waals surface area contributed by atoms with E-state index >= 15 is 0 Å². The Morgan fingerprint density at radius 1 is 1.07 bits per heavy atom. The minimum absolute atomic E-state index is 0.155. The Morgan fingerprint density at radius 2 is 1.83 bits per heavy atom. The van der Waals surface area contributed by atoms with Crippen molar-refractivity contribution in [3.63, 3.8) is 0 Å². The fourth-order valence-electron chi connectivity index (χ4n) is 3.68. The zero-order chi connectivity index (χ0) is 20.0. The lowest BCUT2D eigenvalue weighted by Gasteiger charge is -2.04. The van der Waals surface area contributed by atoms with Crippen molar-refractivity contribution in [1.29, 1.82) is 0 Å². The number of nitrogens with zero attached hydrogens (tertiary/aromatic N) is 2. The quantitative estimate of drug-likeness (QED) is 0.490. The van der Waals surface area contributed by atoms with Crippen LogP contribution in [0.3, 0.4) is 0 Å². The van der Waals surface area contributed by atoms with Crippen LogP contribution in [-0.2, 0) is 13.0 Å². The van der Waals surface area contributed by atoms with Crippen LogP contribution in [0, 0.1) is 6.92 Å². The fourth-order valence-corrected chi connectivity index (χ4v) is 4.74. The summed E-state index contributed by atoms with van der Waals surface area (Å²) in [7, 11) is 0. The van der Waals surface area contributed by atoms with E-state index in [4.69, 9.17) is 4.42 Å². The zero-order valence-corrected chi connectivity index (χ0v) is 16.5. The molecule has 2 aromatic carbocycles. The van der Waals surface area contributed by atoms with E-state index in [1.165, 1.54) is 11.3 Å². The zero-order valence-electron chi connectivity index (χ0n) is 15.6. The SMILES string of the molecule is Cc1sc2nc(CCn3c(=O)oc4ccccc43)[nH]c(=O)c2c1-c1ccccc1. The minimum atomic E-state index is -0.409. The van der Waals surface area contributed by atoms with Crippen molar-refractivity contribution in [1.82, 2.24) is 14.5 Å². The maximum Gasteiger partial charge on any atom is 0.419 e. The Labute approximate surface area is 169 Å². The first kappa shape index (κ1) is 17.6. The van der Waals surface area contributed by atoms with Crippen molar-refractivity contribution in [2.75, 3.05) is 0 Å². The molecule has 7 heteroatoms. The molecule has 3 aromatic heterocycles. The number of hydrogen-bond acceptors (Lipinski definition) is 5. The van der Waals surface area contributed by atoms with E-state index in [-0.39, 0.29) is 5.56 Å². The Kier molecular flexibility index (Phi) is 4.17. The first-order valence-corrected chi connectivity index (χ1v) is 10.1. The molecule has 5 aromatic rings. The Hall–Kier alpha value is -3.45. The predicted octanol–water partition coefficient (Wildman–Crippen LogP) is 4.11. The number of aryl methyl sites for hydroxylation is 3. The van der Waals surface area contributed by atoms with Gasteiger partial charge in [0, 0.05) is 23.4 Å². The number of thiophene rings is 1. The third kappa shape index (κ3) is 3.00. The molecule has 0 saturated heterocycles. The molecule has 1 N–H and O–H groups in total. The van der Waals surface area contributed by atoms with Crippen LogP contribution in [0.4, 0.5) is 0 Å². The average molecular weight is 403 g/mol. The Bertz CT molecular complexity index is 1460. The molecule has 6 nitrogen and oxygen atoms in total. The summed E-state index contributed by atoms with van der Waals surface area (Å²) in [4.78, 5) is 34.4. The van der Waals surface area contributed by atoms with Crippen LogP contribution in [0.1, 0.15) is 10.7 Å². The molecule has 0 saturated carbocycles. The van der Waals surface area contributed by atoms with Crippen LogP contribution in [0.2, 0.25) is 0 Å². The minimum Gasteiger partial charge on any atom is -0.408 e. The molecular formula is C22H17N3O3S. The second-order valence-corrected chi connectivity index (χ2v) is 8.03. The van der Waals surface area contributed by atoms with Crippen LogP contribution < -0.4 is 11.3 Å². The topological polar surface area (TPSA) is 80.9 Å². The fraction of sp³-hybridized carbons (Fsp3) is 0.136. The summed E-state index contributed by atoms with van der Waals surface area (Å²) in [5.74, 6) is 0.147. The summed E-state index contributed by atoms with van der Waals surface area (Å²) in [6.45, 7) is 2.38. The van der Waals surface area contributed by atoms with E-state index in [9.17, 15) is 9.59 Å². The molecule has 0 atom stereocenters. The Balaban J connectivity index is 1.53. The second kappa shape index (κ2) is 6.86. The molecule has 0 fully saturated rings. The van der Waals surface area contributed by atoms with Gasteiger partial charge in [0.2, 0.25) is 0 Å². The first-order chi connectivity index (χ1) is 14.1. The van der Waals surface area contributed by atoms with Gasteiger partial charge in [-0.2, -0.15) is 0 Å². The first-order valence-electron chi connectivity index (χ1n) is 9.28.